The van der Waals surface area contributed by atoms with E-state index in [9.17, 15) is 17.2 Å². The van der Waals surface area contributed by atoms with Crippen molar-refractivity contribution in [3.63, 3.8) is 0 Å². The second-order valence-electron chi connectivity index (χ2n) is 8.58. The van der Waals surface area contributed by atoms with E-state index < -0.39 is 22.5 Å². The third kappa shape index (κ3) is 6.73. The number of pyridine rings is 1. The van der Waals surface area contributed by atoms with Gasteiger partial charge in [-0.1, -0.05) is 12.1 Å². The molecule has 1 aliphatic rings. The number of piperazine rings is 1. The van der Waals surface area contributed by atoms with Crippen LogP contribution in [0.4, 0.5) is 14.5 Å². The molecule has 1 aliphatic heterocycles. The zero-order chi connectivity index (χ0) is 27.2. The summed E-state index contributed by atoms with van der Waals surface area (Å²) in [5.41, 5.74) is 1.60. The molecule has 4 rings (SSSR count). The predicted molar refractivity (Wildman–Crippen MR) is 134 cm³/mol. The van der Waals surface area contributed by atoms with Gasteiger partial charge in [0.2, 0.25) is 5.89 Å². The maximum absolute atomic E-state index is 13.7. The third-order valence-corrected chi connectivity index (χ3v) is 7.87. The summed E-state index contributed by atoms with van der Waals surface area (Å²) in [4.78, 5) is 15.1. The lowest BCUT2D eigenvalue weighted by molar-refractivity contribution is -0.106. The number of nitrogens with zero attached hydrogens (tertiary/aromatic N) is 6. The van der Waals surface area contributed by atoms with E-state index in [1.807, 2.05) is 20.9 Å². The molecule has 10 nitrogen and oxygen atoms in total. The largest absolute Gasteiger partial charge is 0.415 e. The highest BCUT2D eigenvalue weighted by Gasteiger charge is 2.37. The molecule has 3 aromatic rings. The smallest absolute Gasteiger partial charge is 0.314 e. The van der Waals surface area contributed by atoms with Crippen LogP contribution in [0.3, 0.4) is 0 Å². The molecule has 0 bridgehead atoms. The summed E-state index contributed by atoms with van der Waals surface area (Å²) in [6, 6.07) is 10.2. The van der Waals surface area contributed by atoms with Crippen molar-refractivity contribution in [3.8, 4) is 11.5 Å². The molecule has 2 unspecified atom stereocenters. The predicted octanol–water partition coefficient (Wildman–Crippen LogP) is 3.55. The SMILES string of the molecule is CC1CN(S(=O)(=O)N(Cc2ccc(-c3nnc(C(F)F)o3)cc2)c2cccnc2)CC(C)N1C.CC=O. The fraction of sp³-hybridized carbons (Fsp3) is 0.417. The molecule has 0 radical (unpaired) electrons. The summed E-state index contributed by atoms with van der Waals surface area (Å²) in [6.07, 6.45) is 0.999. The van der Waals surface area contributed by atoms with E-state index in [1.165, 1.54) is 21.7 Å². The Labute approximate surface area is 215 Å². The van der Waals surface area contributed by atoms with Crippen molar-refractivity contribution in [1.82, 2.24) is 24.4 Å². The monoisotopic (exact) mass is 536 g/mol. The van der Waals surface area contributed by atoms with E-state index in [0.717, 1.165) is 6.29 Å². The second kappa shape index (κ2) is 12.3. The number of benzene rings is 1. The standard InChI is InChI=1S/C22H26F2N6O3S.C2H4O/c1-15-12-29(13-16(2)28(15)3)34(31,32)30(19-5-4-10-25-11-19)14-17-6-8-18(9-7-17)21-26-27-22(33-21)20(23)24;1-2-3/h4-11,15-16,20H,12-14H2,1-3H3;2H,1H3. The quantitative estimate of drug-likeness (QED) is 0.422. The molecule has 37 heavy (non-hydrogen) atoms. The van der Waals surface area contributed by atoms with Crippen molar-refractivity contribution in [2.24, 2.45) is 0 Å². The molecule has 1 aromatic carbocycles. The minimum Gasteiger partial charge on any atom is -0.415 e. The zero-order valence-electron chi connectivity index (χ0n) is 21.0. The van der Waals surface area contributed by atoms with Gasteiger partial charge in [0.05, 0.1) is 18.4 Å². The molecule has 13 heteroatoms. The first-order valence-corrected chi connectivity index (χ1v) is 13.0. The molecule has 3 heterocycles. The molecule has 0 N–H and O–H groups in total. The summed E-state index contributed by atoms with van der Waals surface area (Å²) in [7, 11) is -1.86. The van der Waals surface area contributed by atoms with Gasteiger partial charge in [0.25, 0.3) is 5.89 Å². The van der Waals surface area contributed by atoms with Crippen molar-refractivity contribution in [3.05, 3.63) is 60.2 Å². The van der Waals surface area contributed by atoms with Crippen LogP contribution in [0, 0.1) is 0 Å². The molecule has 1 fully saturated rings. The van der Waals surface area contributed by atoms with Crippen LogP contribution in [0.15, 0.2) is 53.2 Å². The van der Waals surface area contributed by atoms with E-state index in [1.54, 1.807) is 42.6 Å². The van der Waals surface area contributed by atoms with Crippen LogP contribution in [0.5, 0.6) is 0 Å². The number of halogens is 2. The molecule has 1 saturated heterocycles. The Balaban J connectivity index is 0.00000121. The molecule has 2 aromatic heterocycles. The van der Waals surface area contributed by atoms with Crippen molar-refractivity contribution < 1.29 is 26.4 Å². The fourth-order valence-corrected chi connectivity index (χ4v) is 5.62. The minimum absolute atomic E-state index is 0.0287. The van der Waals surface area contributed by atoms with Gasteiger partial charge in [0.15, 0.2) is 0 Å². The van der Waals surface area contributed by atoms with Crippen LogP contribution in [-0.4, -0.2) is 71.3 Å². The molecular formula is C24H30F2N6O4S. The number of rotatable bonds is 7. The Morgan fingerprint density at radius 3 is 2.27 bits per heavy atom. The highest BCUT2D eigenvalue weighted by molar-refractivity contribution is 7.90. The Kier molecular flexibility index (Phi) is 9.40. The van der Waals surface area contributed by atoms with Crippen LogP contribution in [0.2, 0.25) is 0 Å². The number of anilines is 1. The number of carbonyl (C=O) groups excluding carboxylic acids is 1. The number of aldehydes is 1. The third-order valence-electron chi connectivity index (χ3n) is 6.02. The molecule has 2 atom stereocenters. The number of hydrogen-bond donors (Lipinski definition) is 0. The van der Waals surface area contributed by atoms with Gasteiger partial charge in [0, 0.05) is 36.9 Å². The molecular weight excluding hydrogens is 506 g/mol. The fourth-order valence-electron chi connectivity index (χ4n) is 3.85. The van der Waals surface area contributed by atoms with Gasteiger partial charge in [-0.3, -0.25) is 14.2 Å². The number of carbonyl (C=O) groups is 1. The van der Waals surface area contributed by atoms with Crippen LogP contribution in [-0.2, 0) is 21.5 Å². The maximum Gasteiger partial charge on any atom is 0.314 e. The Morgan fingerprint density at radius 2 is 1.76 bits per heavy atom. The van der Waals surface area contributed by atoms with Crippen LogP contribution in [0.25, 0.3) is 11.5 Å². The van der Waals surface area contributed by atoms with Crippen LogP contribution < -0.4 is 4.31 Å². The lowest BCUT2D eigenvalue weighted by Crippen LogP contribution is -2.59. The topological polar surface area (TPSA) is 113 Å². The first-order chi connectivity index (χ1) is 17.6. The minimum atomic E-state index is -3.86. The Hall–Kier alpha value is -3.29. The number of aromatic nitrogens is 3. The van der Waals surface area contributed by atoms with Crippen molar-refractivity contribution >= 4 is 22.2 Å². The molecule has 200 valence electrons. The van der Waals surface area contributed by atoms with Crippen molar-refractivity contribution in [2.45, 2.75) is 45.8 Å². The normalized spacial score (nSPS) is 18.8. The van der Waals surface area contributed by atoms with Gasteiger partial charge in [0.1, 0.15) is 6.29 Å². The summed E-state index contributed by atoms with van der Waals surface area (Å²) >= 11 is 0. The summed E-state index contributed by atoms with van der Waals surface area (Å²) in [5, 5.41) is 6.98. The van der Waals surface area contributed by atoms with E-state index >= 15 is 0 Å². The summed E-state index contributed by atoms with van der Waals surface area (Å²) in [5.74, 6) is -0.775. The van der Waals surface area contributed by atoms with E-state index in [2.05, 4.69) is 20.1 Å². The van der Waals surface area contributed by atoms with Crippen molar-refractivity contribution in [1.29, 1.82) is 0 Å². The van der Waals surface area contributed by atoms with Gasteiger partial charge >= 0.3 is 16.6 Å². The average molecular weight is 537 g/mol. The van der Waals surface area contributed by atoms with Gasteiger partial charge in [-0.15, -0.1) is 10.2 Å². The van der Waals surface area contributed by atoms with Gasteiger partial charge in [-0.2, -0.15) is 21.5 Å². The van der Waals surface area contributed by atoms with Crippen molar-refractivity contribution in [2.75, 3.05) is 24.4 Å². The molecule has 0 aliphatic carbocycles. The average Bonchev–Trinajstić information content (AvgIpc) is 3.38. The summed E-state index contributed by atoms with van der Waals surface area (Å²) in [6.45, 7) is 6.27. The maximum atomic E-state index is 13.7. The first kappa shape index (κ1) is 28.3. The molecule has 0 spiro atoms. The molecule has 0 amide bonds. The lowest BCUT2D eigenvalue weighted by atomic mass is 10.1. The van der Waals surface area contributed by atoms with Gasteiger partial charge in [-0.25, -0.2) is 0 Å². The summed E-state index contributed by atoms with van der Waals surface area (Å²) < 4.78 is 60.8. The highest BCUT2D eigenvalue weighted by atomic mass is 32.2. The van der Waals surface area contributed by atoms with Crippen LogP contribution in [0.1, 0.15) is 38.7 Å². The second-order valence-corrected chi connectivity index (χ2v) is 10.4. The highest BCUT2D eigenvalue weighted by Crippen LogP contribution is 2.27. The van der Waals surface area contributed by atoms with E-state index in [4.69, 9.17) is 9.21 Å². The number of likely N-dealkylation sites (N-methyl/N-ethyl adjacent to an activating group) is 1. The van der Waals surface area contributed by atoms with Crippen LogP contribution >= 0.6 is 0 Å². The first-order valence-electron chi connectivity index (χ1n) is 11.6. The molecule has 0 saturated carbocycles. The van der Waals surface area contributed by atoms with E-state index in [-0.39, 0.29) is 24.5 Å². The Bertz CT molecular complexity index is 1250. The number of alkyl halides is 2. The van der Waals surface area contributed by atoms with Gasteiger partial charge in [-0.05, 0) is 57.6 Å². The Morgan fingerprint density at radius 1 is 1.14 bits per heavy atom. The van der Waals surface area contributed by atoms with E-state index in [0.29, 0.717) is 29.9 Å². The number of hydrogen-bond acceptors (Lipinski definition) is 8. The zero-order valence-corrected chi connectivity index (χ0v) is 21.8. The lowest BCUT2D eigenvalue weighted by Gasteiger charge is -2.43. The van der Waals surface area contributed by atoms with Gasteiger partial charge < -0.3 is 9.21 Å².